The van der Waals surface area contributed by atoms with E-state index in [1.807, 2.05) is 6.61 Å². The second-order valence-electron chi connectivity index (χ2n) is 6.56. The van der Waals surface area contributed by atoms with Gasteiger partial charge in [0.2, 0.25) is 0 Å². The molecule has 2 heteroatoms. The molecule has 1 unspecified atom stereocenters. The van der Waals surface area contributed by atoms with Crippen LogP contribution in [0.3, 0.4) is 0 Å². The molecular weight excluding hydrogens is 236 g/mol. The van der Waals surface area contributed by atoms with E-state index in [9.17, 15) is 0 Å². The maximum absolute atomic E-state index is 5.73. The van der Waals surface area contributed by atoms with Gasteiger partial charge in [0.15, 0.2) is 0 Å². The van der Waals surface area contributed by atoms with Crippen LogP contribution in [-0.4, -0.2) is 5.60 Å². The molecule has 1 saturated carbocycles. The topological polar surface area (TPSA) is 18.5 Å². The standard InChI is InChI=1S/C17H33O2/c1-5-7-11-15(6-2)14-18-19-17(3,4)16-12-9-8-10-13-16/h14-16H,5-13H2,1-4H3. The van der Waals surface area contributed by atoms with Gasteiger partial charge in [-0.2, -0.15) is 0 Å². The monoisotopic (exact) mass is 269 g/mol. The molecule has 19 heavy (non-hydrogen) atoms. The Labute approximate surface area is 120 Å². The summed E-state index contributed by atoms with van der Waals surface area (Å²) in [6.45, 7) is 10.7. The smallest absolute Gasteiger partial charge is 0.125 e. The summed E-state index contributed by atoms with van der Waals surface area (Å²) in [5.74, 6) is 1.17. The average molecular weight is 269 g/mol. The Kier molecular flexibility index (Phi) is 8.01. The first-order chi connectivity index (χ1) is 9.10. The summed E-state index contributed by atoms with van der Waals surface area (Å²) in [6.07, 6.45) is 11.5. The molecule has 1 aliphatic rings. The van der Waals surface area contributed by atoms with E-state index < -0.39 is 0 Å². The maximum atomic E-state index is 5.73. The number of rotatable bonds is 9. The lowest BCUT2D eigenvalue weighted by atomic mass is 9.79. The van der Waals surface area contributed by atoms with Crippen molar-refractivity contribution in [2.75, 3.05) is 0 Å². The third-order valence-electron chi connectivity index (χ3n) is 4.55. The molecule has 1 fully saturated rings. The van der Waals surface area contributed by atoms with Crippen molar-refractivity contribution in [3.05, 3.63) is 6.61 Å². The Balaban J connectivity index is 2.25. The van der Waals surface area contributed by atoms with Gasteiger partial charge in [-0.3, -0.25) is 0 Å². The normalized spacial score (nSPS) is 19.6. The Hall–Kier alpha value is -0.0800. The Bertz CT molecular complexity index is 219. The van der Waals surface area contributed by atoms with Crippen LogP contribution in [0.15, 0.2) is 0 Å². The molecule has 1 radical (unpaired) electrons. The maximum Gasteiger partial charge on any atom is 0.125 e. The zero-order valence-electron chi connectivity index (χ0n) is 13.4. The molecule has 0 N–H and O–H groups in total. The highest BCUT2D eigenvalue weighted by Gasteiger charge is 2.32. The van der Waals surface area contributed by atoms with E-state index >= 15 is 0 Å². The highest BCUT2D eigenvalue weighted by Crippen LogP contribution is 2.35. The van der Waals surface area contributed by atoms with Crippen molar-refractivity contribution in [3.63, 3.8) is 0 Å². The minimum Gasteiger partial charge on any atom is -0.230 e. The van der Waals surface area contributed by atoms with Crippen LogP contribution in [0.1, 0.15) is 85.5 Å². The molecule has 0 amide bonds. The lowest BCUT2D eigenvalue weighted by Crippen LogP contribution is -2.35. The van der Waals surface area contributed by atoms with Crippen molar-refractivity contribution in [1.82, 2.24) is 0 Å². The Morgan fingerprint density at radius 3 is 2.42 bits per heavy atom. The van der Waals surface area contributed by atoms with Gasteiger partial charge in [0.05, 0.1) is 0 Å². The molecular formula is C17H33O2. The third kappa shape index (κ3) is 6.27. The Morgan fingerprint density at radius 2 is 1.84 bits per heavy atom. The van der Waals surface area contributed by atoms with E-state index in [1.165, 1.54) is 51.4 Å². The third-order valence-corrected chi connectivity index (χ3v) is 4.55. The summed E-state index contributed by atoms with van der Waals surface area (Å²) >= 11 is 0. The van der Waals surface area contributed by atoms with Gasteiger partial charge in [0.25, 0.3) is 0 Å². The van der Waals surface area contributed by atoms with Gasteiger partial charge in [0, 0.05) is 0 Å². The molecule has 1 atom stereocenters. The average Bonchev–Trinajstić information content (AvgIpc) is 2.43. The van der Waals surface area contributed by atoms with Crippen LogP contribution < -0.4 is 0 Å². The second kappa shape index (κ2) is 8.97. The molecule has 0 heterocycles. The number of hydrogen-bond acceptors (Lipinski definition) is 2. The first kappa shape index (κ1) is 17.0. The molecule has 0 aromatic carbocycles. The zero-order valence-corrected chi connectivity index (χ0v) is 13.4. The van der Waals surface area contributed by atoms with Crippen molar-refractivity contribution in [1.29, 1.82) is 0 Å². The minimum atomic E-state index is -0.153. The van der Waals surface area contributed by atoms with E-state index in [0.717, 1.165) is 6.42 Å². The highest BCUT2D eigenvalue weighted by atomic mass is 17.2. The van der Waals surface area contributed by atoms with Crippen molar-refractivity contribution in [2.24, 2.45) is 11.8 Å². The van der Waals surface area contributed by atoms with Crippen LogP contribution in [0.25, 0.3) is 0 Å². The lowest BCUT2D eigenvalue weighted by Gasteiger charge is -2.35. The van der Waals surface area contributed by atoms with Crippen LogP contribution in [0.2, 0.25) is 0 Å². The largest absolute Gasteiger partial charge is 0.230 e. The van der Waals surface area contributed by atoms with Gasteiger partial charge in [0.1, 0.15) is 12.2 Å². The van der Waals surface area contributed by atoms with E-state index in [2.05, 4.69) is 27.7 Å². The van der Waals surface area contributed by atoms with Gasteiger partial charge in [-0.15, -0.1) is 0 Å². The molecule has 0 spiro atoms. The summed E-state index contributed by atoms with van der Waals surface area (Å²) in [5.41, 5.74) is -0.153. The molecule has 0 aromatic heterocycles. The van der Waals surface area contributed by atoms with Crippen LogP contribution in [0, 0.1) is 18.4 Å². The van der Waals surface area contributed by atoms with Crippen molar-refractivity contribution in [2.45, 2.75) is 91.1 Å². The fourth-order valence-electron chi connectivity index (χ4n) is 2.93. The van der Waals surface area contributed by atoms with Gasteiger partial charge in [-0.1, -0.05) is 52.4 Å². The predicted octanol–water partition coefficient (Wildman–Crippen LogP) is 5.67. The van der Waals surface area contributed by atoms with Gasteiger partial charge >= 0.3 is 0 Å². The predicted molar refractivity (Wildman–Crippen MR) is 80.4 cm³/mol. The first-order valence-electron chi connectivity index (χ1n) is 8.28. The van der Waals surface area contributed by atoms with E-state index in [0.29, 0.717) is 11.8 Å². The van der Waals surface area contributed by atoms with Crippen LogP contribution in [0.5, 0.6) is 0 Å². The van der Waals surface area contributed by atoms with Gasteiger partial charge in [-0.25, -0.2) is 9.78 Å². The summed E-state index contributed by atoms with van der Waals surface area (Å²) in [7, 11) is 0. The fourth-order valence-corrected chi connectivity index (χ4v) is 2.93. The first-order valence-corrected chi connectivity index (χ1v) is 8.28. The van der Waals surface area contributed by atoms with Crippen LogP contribution >= 0.6 is 0 Å². The van der Waals surface area contributed by atoms with E-state index in [1.54, 1.807) is 0 Å². The molecule has 0 aliphatic heterocycles. The Morgan fingerprint density at radius 1 is 1.16 bits per heavy atom. The highest BCUT2D eigenvalue weighted by molar-refractivity contribution is 4.81. The summed E-state index contributed by atoms with van der Waals surface area (Å²) < 4.78 is 0. The van der Waals surface area contributed by atoms with Crippen LogP contribution in [-0.2, 0) is 9.78 Å². The minimum absolute atomic E-state index is 0.153. The molecule has 2 nitrogen and oxygen atoms in total. The number of hydrogen-bond donors (Lipinski definition) is 0. The van der Waals surface area contributed by atoms with Gasteiger partial charge in [-0.05, 0) is 44.9 Å². The van der Waals surface area contributed by atoms with Crippen molar-refractivity contribution in [3.8, 4) is 0 Å². The van der Waals surface area contributed by atoms with Crippen molar-refractivity contribution < 1.29 is 9.78 Å². The molecule has 0 aromatic rings. The summed E-state index contributed by atoms with van der Waals surface area (Å²) in [6, 6.07) is 0. The van der Waals surface area contributed by atoms with Crippen LogP contribution in [0.4, 0.5) is 0 Å². The molecule has 0 bridgehead atoms. The summed E-state index contributed by atoms with van der Waals surface area (Å²) in [5, 5.41) is 0. The van der Waals surface area contributed by atoms with Crippen molar-refractivity contribution >= 4 is 0 Å². The number of unbranched alkanes of at least 4 members (excludes halogenated alkanes) is 1. The summed E-state index contributed by atoms with van der Waals surface area (Å²) in [4.78, 5) is 11.2. The van der Waals surface area contributed by atoms with Gasteiger partial charge < -0.3 is 0 Å². The fraction of sp³-hybridized carbons (Fsp3) is 0.941. The molecule has 1 aliphatic carbocycles. The van der Waals surface area contributed by atoms with E-state index in [4.69, 9.17) is 9.78 Å². The molecule has 0 saturated heterocycles. The second-order valence-corrected chi connectivity index (χ2v) is 6.56. The lowest BCUT2D eigenvalue weighted by molar-refractivity contribution is -0.350. The molecule has 1 rings (SSSR count). The van der Waals surface area contributed by atoms with E-state index in [-0.39, 0.29) is 5.60 Å². The SMILES string of the molecule is CCCCC([CH]OOC(C)(C)C1CCCCC1)CC. The zero-order chi connectivity index (χ0) is 14.1. The molecule has 113 valence electrons. The quantitative estimate of drug-likeness (QED) is 0.396.